The van der Waals surface area contributed by atoms with Crippen molar-refractivity contribution < 1.29 is 14.0 Å². The number of amides is 2. The number of rotatable bonds is 1. The van der Waals surface area contributed by atoms with Gasteiger partial charge in [0.15, 0.2) is 0 Å². The molecule has 0 saturated carbocycles. The molecule has 0 unspecified atom stereocenters. The van der Waals surface area contributed by atoms with E-state index in [9.17, 15) is 14.0 Å². The molecule has 0 bridgehead atoms. The quantitative estimate of drug-likeness (QED) is 0.587. The van der Waals surface area contributed by atoms with Crippen LogP contribution in [0.2, 0.25) is 0 Å². The third-order valence-electron chi connectivity index (χ3n) is 3.15. The molecule has 20 heavy (non-hydrogen) atoms. The predicted octanol–water partition coefficient (Wildman–Crippen LogP) is 2.61. The Balaban J connectivity index is 2.17. The van der Waals surface area contributed by atoms with Crippen LogP contribution in [0.15, 0.2) is 42.5 Å². The second-order valence-electron chi connectivity index (χ2n) is 4.30. The van der Waals surface area contributed by atoms with Crippen molar-refractivity contribution in [3.63, 3.8) is 0 Å². The van der Waals surface area contributed by atoms with Crippen molar-refractivity contribution in [3.05, 3.63) is 65.0 Å². The second kappa shape index (κ2) is 4.32. The number of halogens is 1. The minimum atomic E-state index is -0.515. The van der Waals surface area contributed by atoms with Crippen molar-refractivity contribution in [3.8, 4) is 12.3 Å². The summed E-state index contributed by atoms with van der Waals surface area (Å²) >= 11 is 0. The highest BCUT2D eigenvalue weighted by Gasteiger charge is 2.37. The van der Waals surface area contributed by atoms with Crippen molar-refractivity contribution in [1.82, 2.24) is 0 Å². The van der Waals surface area contributed by atoms with Crippen LogP contribution in [0.25, 0.3) is 0 Å². The summed E-state index contributed by atoms with van der Waals surface area (Å²) in [5, 5.41) is 0. The Morgan fingerprint density at radius 2 is 1.60 bits per heavy atom. The molecule has 1 aliphatic rings. The molecule has 0 aliphatic carbocycles. The van der Waals surface area contributed by atoms with Crippen LogP contribution in [0.3, 0.4) is 0 Å². The van der Waals surface area contributed by atoms with Gasteiger partial charge >= 0.3 is 0 Å². The van der Waals surface area contributed by atoms with Crippen molar-refractivity contribution in [1.29, 1.82) is 0 Å². The topological polar surface area (TPSA) is 37.4 Å². The molecule has 4 heteroatoms. The molecular weight excluding hydrogens is 257 g/mol. The van der Waals surface area contributed by atoms with Gasteiger partial charge in [0.25, 0.3) is 11.8 Å². The molecule has 1 aliphatic heterocycles. The van der Waals surface area contributed by atoms with Gasteiger partial charge in [-0.3, -0.25) is 9.59 Å². The Morgan fingerprint density at radius 1 is 1.00 bits per heavy atom. The third kappa shape index (κ3) is 1.61. The fraction of sp³-hybridized carbons (Fsp3) is 0. The molecule has 0 fully saturated rings. The number of imide groups is 1. The van der Waals surface area contributed by atoms with E-state index in [0.29, 0.717) is 11.1 Å². The summed E-state index contributed by atoms with van der Waals surface area (Å²) in [5.74, 6) is 0.879. The van der Waals surface area contributed by atoms with E-state index in [4.69, 9.17) is 6.42 Å². The van der Waals surface area contributed by atoms with E-state index in [0.717, 1.165) is 11.0 Å². The maximum atomic E-state index is 13.2. The lowest BCUT2D eigenvalue weighted by atomic mass is 10.1. The molecule has 2 amide bonds. The van der Waals surface area contributed by atoms with E-state index >= 15 is 0 Å². The number of fused-ring (bicyclic) bond motifs is 1. The molecule has 2 aromatic rings. The van der Waals surface area contributed by atoms with Crippen molar-refractivity contribution >= 4 is 17.5 Å². The molecule has 3 nitrogen and oxygen atoms in total. The molecule has 1 heterocycles. The molecule has 3 rings (SSSR count). The fourth-order valence-electron chi connectivity index (χ4n) is 2.23. The molecule has 0 N–H and O–H groups in total. The Hall–Kier alpha value is -2.93. The first kappa shape index (κ1) is 12.1. The largest absolute Gasteiger partial charge is 0.268 e. The van der Waals surface area contributed by atoms with Gasteiger partial charge in [0.2, 0.25) is 0 Å². The van der Waals surface area contributed by atoms with Crippen molar-refractivity contribution in [2.45, 2.75) is 0 Å². The van der Waals surface area contributed by atoms with Gasteiger partial charge in [0.1, 0.15) is 5.82 Å². The molecule has 0 atom stereocenters. The van der Waals surface area contributed by atoms with Crippen LogP contribution in [0.1, 0.15) is 26.3 Å². The van der Waals surface area contributed by atoms with Crippen LogP contribution < -0.4 is 4.90 Å². The molecule has 0 saturated heterocycles. The maximum absolute atomic E-state index is 13.2. The smallest absolute Gasteiger partial charge is 0.266 e. The van der Waals surface area contributed by atoms with Gasteiger partial charge in [-0.1, -0.05) is 18.1 Å². The maximum Gasteiger partial charge on any atom is 0.266 e. The first-order valence-electron chi connectivity index (χ1n) is 5.87. The summed E-state index contributed by atoms with van der Waals surface area (Å²) < 4.78 is 13.2. The second-order valence-corrected chi connectivity index (χ2v) is 4.30. The number of terminal acetylenes is 1. The number of carbonyl (C=O) groups is 2. The van der Waals surface area contributed by atoms with Crippen LogP contribution in [-0.4, -0.2) is 11.8 Å². The van der Waals surface area contributed by atoms with Gasteiger partial charge in [-0.2, -0.15) is 0 Å². The van der Waals surface area contributed by atoms with E-state index in [-0.39, 0.29) is 11.3 Å². The third-order valence-corrected chi connectivity index (χ3v) is 3.15. The minimum absolute atomic E-state index is 0.166. The summed E-state index contributed by atoms with van der Waals surface area (Å²) in [6, 6.07) is 10.1. The van der Waals surface area contributed by atoms with Gasteiger partial charge in [-0.25, -0.2) is 9.29 Å². The minimum Gasteiger partial charge on any atom is -0.268 e. The van der Waals surface area contributed by atoms with Crippen LogP contribution in [0.5, 0.6) is 0 Å². The standard InChI is InChI=1S/C16H8FNO2/c1-2-10-9-11(17)7-8-14(10)18-15(19)12-5-3-4-6-13(12)16(18)20/h1,3-9H. The molecule has 0 spiro atoms. The molecule has 0 radical (unpaired) electrons. The number of anilines is 1. The Labute approximate surface area is 114 Å². The average molecular weight is 265 g/mol. The van der Waals surface area contributed by atoms with E-state index in [2.05, 4.69) is 5.92 Å². The summed E-state index contributed by atoms with van der Waals surface area (Å²) in [6.07, 6.45) is 5.32. The van der Waals surface area contributed by atoms with Crippen molar-refractivity contribution in [2.75, 3.05) is 4.90 Å². The van der Waals surface area contributed by atoms with Gasteiger partial charge < -0.3 is 0 Å². The Bertz CT molecular complexity index is 754. The lowest BCUT2D eigenvalue weighted by molar-refractivity contribution is 0.0926. The number of benzene rings is 2. The number of hydrogen-bond donors (Lipinski definition) is 0. The van der Waals surface area contributed by atoms with E-state index in [1.54, 1.807) is 24.3 Å². The SMILES string of the molecule is C#Cc1cc(F)ccc1N1C(=O)c2ccccc2C1=O. The molecule has 2 aromatic carbocycles. The molecule has 0 aromatic heterocycles. The van der Waals surface area contributed by atoms with E-state index in [1.165, 1.54) is 12.1 Å². The summed E-state index contributed by atoms with van der Waals surface area (Å²) in [5.41, 5.74) is 1.04. The zero-order chi connectivity index (χ0) is 14.3. The van der Waals surface area contributed by atoms with Gasteiger partial charge in [-0.05, 0) is 30.3 Å². The Kier molecular flexibility index (Phi) is 2.62. The summed E-state index contributed by atoms with van der Waals surface area (Å²) in [4.78, 5) is 25.6. The van der Waals surface area contributed by atoms with E-state index in [1.807, 2.05) is 0 Å². The fourth-order valence-corrected chi connectivity index (χ4v) is 2.23. The lowest BCUT2D eigenvalue weighted by Gasteiger charge is -2.15. The Morgan fingerprint density at radius 3 is 2.15 bits per heavy atom. The van der Waals surface area contributed by atoms with Crippen LogP contribution in [0.4, 0.5) is 10.1 Å². The predicted molar refractivity (Wildman–Crippen MR) is 71.9 cm³/mol. The van der Waals surface area contributed by atoms with Gasteiger partial charge in [-0.15, -0.1) is 6.42 Å². The van der Waals surface area contributed by atoms with Gasteiger partial charge in [0, 0.05) is 0 Å². The first-order valence-corrected chi connectivity index (χ1v) is 5.87. The molecular formula is C16H8FNO2. The number of carbonyl (C=O) groups excluding carboxylic acids is 2. The summed E-state index contributed by atoms with van der Waals surface area (Å²) in [7, 11) is 0. The first-order chi connectivity index (χ1) is 9.63. The van der Waals surface area contributed by atoms with Crippen LogP contribution >= 0.6 is 0 Å². The normalized spacial score (nSPS) is 13.3. The zero-order valence-electron chi connectivity index (χ0n) is 10.3. The number of hydrogen-bond acceptors (Lipinski definition) is 2. The highest BCUT2D eigenvalue weighted by atomic mass is 19.1. The highest BCUT2D eigenvalue weighted by Crippen LogP contribution is 2.30. The van der Waals surface area contributed by atoms with Crippen LogP contribution in [0, 0.1) is 18.2 Å². The zero-order valence-corrected chi connectivity index (χ0v) is 10.3. The van der Waals surface area contributed by atoms with Crippen molar-refractivity contribution in [2.24, 2.45) is 0 Å². The number of nitrogens with zero attached hydrogens (tertiary/aromatic N) is 1. The van der Waals surface area contributed by atoms with Crippen LogP contribution in [-0.2, 0) is 0 Å². The lowest BCUT2D eigenvalue weighted by Crippen LogP contribution is -2.30. The average Bonchev–Trinajstić information content (AvgIpc) is 2.72. The monoisotopic (exact) mass is 265 g/mol. The molecule has 96 valence electrons. The van der Waals surface area contributed by atoms with Gasteiger partial charge in [0.05, 0.1) is 22.4 Å². The summed E-state index contributed by atoms with van der Waals surface area (Å²) in [6.45, 7) is 0. The highest BCUT2D eigenvalue weighted by molar-refractivity contribution is 6.34. The van der Waals surface area contributed by atoms with E-state index < -0.39 is 17.6 Å².